The number of thioether (sulfide) groups is 1. The zero-order valence-electron chi connectivity index (χ0n) is 23.4. The second-order valence-corrected chi connectivity index (χ2v) is 13.7. The van der Waals surface area contributed by atoms with Gasteiger partial charge in [0.1, 0.15) is 0 Å². The first-order valence-electron chi connectivity index (χ1n) is 13.0. The lowest BCUT2D eigenvalue weighted by Crippen LogP contribution is -2.29. The summed E-state index contributed by atoms with van der Waals surface area (Å²) >= 11 is 1.04. The number of carbonyl (C=O) groups is 2. The molecule has 0 bridgehead atoms. The highest BCUT2D eigenvalue weighted by atomic mass is 32.2. The molecule has 4 rings (SSSR count). The molecule has 0 aliphatic rings. The normalized spacial score (nSPS) is 11.8. The van der Waals surface area contributed by atoms with E-state index in [1.54, 1.807) is 24.3 Å². The number of primary sulfonamides is 2. The highest BCUT2D eigenvalue weighted by molar-refractivity contribution is 7.99. The minimum absolute atomic E-state index is 0.00477. The fourth-order valence-electron chi connectivity index (χ4n) is 4.21. The molecule has 0 atom stereocenters. The predicted octanol–water partition coefficient (Wildman–Crippen LogP) is 1.17. The number of benzene rings is 3. The minimum atomic E-state index is -3.85. The van der Waals surface area contributed by atoms with Crippen LogP contribution in [-0.4, -0.2) is 57.7 Å². The molecule has 0 aliphatic heterocycles. The molecule has 0 aliphatic carbocycles. The number of hydrogen-bond acceptors (Lipinski definition) is 10. The number of hydrogen-bond donors (Lipinski definition) is 3. The van der Waals surface area contributed by atoms with E-state index in [9.17, 15) is 31.2 Å². The first-order chi connectivity index (χ1) is 20.8. The number of carbonyl (C=O) groups excluding carboxylic acids is 2. The quantitative estimate of drug-likeness (QED) is 0.112. The second kappa shape index (κ2) is 13.7. The molecule has 232 valence electrons. The van der Waals surface area contributed by atoms with Crippen LogP contribution in [0.2, 0.25) is 0 Å². The molecule has 0 saturated carbocycles. The number of nitrogens with zero attached hydrogens (tertiary/aromatic N) is 2. The monoisotopic (exact) mass is 659 g/mol. The molecular weight excluding hydrogens is 631 g/mol. The number of ether oxygens (including phenoxy) is 1. The van der Waals surface area contributed by atoms with Crippen molar-refractivity contribution in [3.8, 4) is 0 Å². The van der Waals surface area contributed by atoms with E-state index in [1.807, 2.05) is 0 Å². The van der Waals surface area contributed by atoms with Crippen molar-refractivity contribution >= 4 is 54.6 Å². The molecule has 0 fully saturated rings. The summed E-state index contributed by atoms with van der Waals surface area (Å²) in [4.78, 5) is 42.8. The van der Waals surface area contributed by atoms with Crippen LogP contribution < -0.4 is 21.2 Å². The number of esters is 1. The number of aromatic nitrogens is 2. The maximum Gasteiger partial charge on any atom is 0.337 e. The molecule has 0 unspecified atom stereocenters. The van der Waals surface area contributed by atoms with E-state index in [2.05, 4.69) is 10.3 Å². The van der Waals surface area contributed by atoms with Gasteiger partial charge in [0, 0.05) is 13.1 Å². The molecule has 1 amide bonds. The van der Waals surface area contributed by atoms with Crippen LogP contribution in [0, 0.1) is 0 Å². The zero-order chi connectivity index (χ0) is 32.1. The molecule has 0 saturated heterocycles. The van der Waals surface area contributed by atoms with Crippen LogP contribution in [0.1, 0.15) is 21.5 Å². The lowest BCUT2D eigenvalue weighted by Gasteiger charge is -2.14. The van der Waals surface area contributed by atoms with Crippen molar-refractivity contribution in [1.29, 1.82) is 0 Å². The molecular formula is C28H29N5O8S3. The maximum absolute atomic E-state index is 13.5. The Hall–Kier alpha value is -4.09. The van der Waals surface area contributed by atoms with E-state index in [1.165, 1.54) is 54.1 Å². The van der Waals surface area contributed by atoms with E-state index in [0.29, 0.717) is 12.8 Å². The van der Waals surface area contributed by atoms with Crippen LogP contribution in [0.3, 0.4) is 0 Å². The van der Waals surface area contributed by atoms with Gasteiger partial charge in [-0.2, -0.15) is 0 Å². The van der Waals surface area contributed by atoms with Gasteiger partial charge in [-0.05, 0) is 66.4 Å². The van der Waals surface area contributed by atoms with Gasteiger partial charge in [0.05, 0.1) is 39.1 Å². The summed E-state index contributed by atoms with van der Waals surface area (Å²) in [5, 5.41) is 13.6. The van der Waals surface area contributed by atoms with E-state index in [-0.39, 0.29) is 61.7 Å². The molecule has 13 nitrogen and oxygen atoms in total. The predicted molar refractivity (Wildman–Crippen MR) is 164 cm³/mol. The van der Waals surface area contributed by atoms with Crippen molar-refractivity contribution in [3.63, 3.8) is 0 Å². The minimum Gasteiger partial charge on any atom is -0.465 e. The Morgan fingerprint density at radius 3 is 2.00 bits per heavy atom. The summed E-state index contributed by atoms with van der Waals surface area (Å²) < 4.78 is 52.2. The molecule has 5 N–H and O–H groups in total. The van der Waals surface area contributed by atoms with Crippen molar-refractivity contribution < 1.29 is 31.2 Å². The van der Waals surface area contributed by atoms with Crippen LogP contribution in [0.25, 0.3) is 10.9 Å². The van der Waals surface area contributed by atoms with Gasteiger partial charge in [-0.15, -0.1) is 0 Å². The Morgan fingerprint density at radius 2 is 1.45 bits per heavy atom. The molecule has 4 aromatic rings. The van der Waals surface area contributed by atoms with Gasteiger partial charge in [-0.3, -0.25) is 14.2 Å². The maximum atomic E-state index is 13.5. The van der Waals surface area contributed by atoms with E-state index >= 15 is 0 Å². The van der Waals surface area contributed by atoms with Crippen molar-refractivity contribution in [2.45, 2.75) is 34.3 Å². The van der Waals surface area contributed by atoms with Gasteiger partial charge < -0.3 is 10.1 Å². The summed E-state index contributed by atoms with van der Waals surface area (Å²) in [5.74, 6) is -0.977. The van der Waals surface area contributed by atoms with E-state index in [4.69, 9.17) is 15.0 Å². The average Bonchev–Trinajstić information content (AvgIpc) is 2.98. The number of fused-ring (bicyclic) bond motifs is 1. The summed E-state index contributed by atoms with van der Waals surface area (Å²) in [6.07, 6.45) is 0.795. The lowest BCUT2D eigenvalue weighted by molar-refractivity contribution is -0.118. The van der Waals surface area contributed by atoms with Gasteiger partial charge in [0.25, 0.3) is 5.56 Å². The average molecular weight is 660 g/mol. The Labute approximate surface area is 257 Å². The van der Waals surface area contributed by atoms with Crippen LogP contribution in [-0.2, 0) is 49.0 Å². The first kappa shape index (κ1) is 32.8. The number of sulfonamides is 2. The standard InChI is InChI=1S/C28H29N5O8S3/c1-41-27(36)20-6-11-23-24(16-20)32-28(33(26(23)35)15-13-19-4-9-22(10-5-19)44(30,39)40)42-17-25(34)31-14-12-18-2-7-21(8-3-18)43(29,37)38/h2-11,16H,12-15,17H2,1H3,(H,31,34)(H2,29,37,38)(H2,30,39,40). The highest BCUT2D eigenvalue weighted by Crippen LogP contribution is 2.20. The van der Waals surface area contributed by atoms with Crippen LogP contribution >= 0.6 is 11.8 Å². The van der Waals surface area contributed by atoms with E-state index in [0.717, 1.165) is 22.9 Å². The van der Waals surface area contributed by atoms with Crippen LogP contribution in [0.15, 0.2) is 86.5 Å². The van der Waals surface area contributed by atoms with Crippen molar-refractivity contribution in [2.75, 3.05) is 19.4 Å². The van der Waals surface area contributed by atoms with Crippen molar-refractivity contribution in [3.05, 3.63) is 93.8 Å². The largest absolute Gasteiger partial charge is 0.465 e. The fourth-order valence-corrected chi connectivity index (χ4v) is 6.10. The third kappa shape index (κ3) is 8.29. The molecule has 1 aromatic heterocycles. The summed E-state index contributed by atoms with van der Waals surface area (Å²) in [7, 11) is -6.40. The lowest BCUT2D eigenvalue weighted by atomic mass is 10.1. The van der Waals surface area contributed by atoms with Crippen LogP contribution in [0.4, 0.5) is 0 Å². The Kier molecular flexibility index (Phi) is 10.2. The Bertz CT molecular complexity index is 1980. The van der Waals surface area contributed by atoms with Gasteiger partial charge in [0.15, 0.2) is 5.16 Å². The Balaban J connectivity index is 1.50. The summed E-state index contributed by atoms with van der Waals surface area (Å²) in [6.45, 7) is 0.455. The van der Waals surface area contributed by atoms with Crippen LogP contribution in [0.5, 0.6) is 0 Å². The van der Waals surface area contributed by atoms with Crippen molar-refractivity contribution in [2.24, 2.45) is 10.3 Å². The Morgan fingerprint density at radius 1 is 0.886 bits per heavy atom. The number of aryl methyl sites for hydroxylation is 1. The molecule has 3 aromatic carbocycles. The zero-order valence-corrected chi connectivity index (χ0v) is 25.9. The third-order valence-corrected chi connectivity index (χ3v) is 9.37. The highest BCUT2D eigenvalue weighted by Gasteiger charge is 2.16. The van der Waals surface area contributed by atoms with Gasteiger partial charge in [-0.25, -0.2) is 36.9 Å². The van der Waals surface area contributed by atoms with Gasteiger partial charge in [0.2, 0.25) is 26.0 Å². The molecule has 0 radical (unpaired) electrons. The molecule has 0 spiro atoms. The number of nitrogens with two attached hydrogens (primary N) is 2. The van der Waals surface area contributed by atoms with Gasteiger partial charge in [-0.1, -0.05) is 36.0 Å². The topological polar surface area (TPSA) is 211 Å². The smallest absolute Gasteiger partial charge is 0.337 e. The molecule has 1 heterocycles. The summed E-state index contributed by atoms with van der Waals surface area (Å²) in [6, 6.07) is 16.4. The number of methoxy groups -OCH3 is 1. The SMILES string of the molecule is COC(=O)c1ccc2c(=O)n(CCc3ccc(S(N)(=O)=O)cc3)c(SCC(=O)NCCc3ccc(S(N)(=O)=O)cc3)nc2c1. The number of rotatable bonds is 12. The van der Waals surface area contributed by atoms with Crippen molar-refractivity contribution in [1.82, 2.24) is 14.9 Å². The second-order valence-electron chi connectivity index (χ2n) is 9.59. The molecule has 16 heteroatoms. The fraction of sp³-hybridized carbons (Fsp3) is 0.214. The number of amides is 1. The molecule has 44 heavy (non-hydrogen) atoms. The van der Waals surface area contributed by atoms with E-state index < -0.39 is 26.0 Å². The third-order valence-electron chi connectivity index (χ3n) is 6.54. The summed E-state index contributed by atoms with van der Waals surface area (Å²) in [5.41, 5.74) is 1.64. The number of nitrogens with one attached hydrogen (secondary N) is 1. The first-order valence-corrected chi connectivity index (χ1v) is 17.1. The van der Waals surface area contributed by atoms with Gasteiger partial charge >= 0.3 is 5.97 Å².